The summed E-state index contributed by atoms with van der Waals surface area (Å²) < 4.78 is 12.1. The van der Waals surface area contributed by atoms with E-state index in [2.05, 4.69) is 43.1 Å². The number of hydrogen-bond acceptors (Lipinski definition) is 3. The zero-order chi connectivity index (χ0) is 25.1. The highest BCUT2D eigenvalue weighted by Gasteiger charge is 2.24. The van der Waals surface area contributed by atoms with Gasteiger partial charge in [0, 0.05) is 13.2 Å². The lowest BCUT2D eigenvalue weighted by Crippen LogP contribution is -2.49. The van der Waals surface area contributed by atoms with E-state index in [-0.39, 0.29) is 0 Å². The minimum Gasteiger partial charge on any atom is -0.380 e. The van der Waals surface area contributed by atoms with Crippen LogP contribution in [0, 0.1) is 0 Å². The summed E-state index contributed by atoms with van der Waals surface area (Å²) in [5.41, 5.74) is 0. The molecule has 1 fully saturated rings. The number of unbranched alkanes of at least 4 members (excludes halogenated alkanes) is 14. The molecule has 1 aliphatic rings. The van der Waals surface area contributed by atoms with Gasteiger partial charge >= 0.3 is 0 Å². The average Bonchev–Trinajstić information content (AvgIpc) is 2.83. The van der Waals surface area contributed by atoms with Crippen LogP contribution in [0.25, 0.3) is 0 Å². The van der Waals surface area contributed by atoms with E-state index in [0.717, 1.165) is 32.8 Å². The monoisotopic (exact) mass is 491 g/mol. The van der Waals surface area contributed by atoms with Crippen LogP contribution >= 0.6 is 0 Å². The van der Waals surface area contributed by atoms with Crippen molar-refractivity contribution in [3.63, 3.8) is 0 Å². The highest BCUT2D eigenvalue weighted by Crippen LogP contribution is 2.14. The second-order valence-corrected chi connectivity index (χ2v) is 10.5. The van der Waals surface area contributed by atoms with Crippen molar-refractivity contribution in [3.05, 3.63) is 24.3 Å². The molecule has 0 N–H and O–H groups in total. The average molecular weight is 492 g/mol. The van der Waals surface area contributed by atoms with E-state index in [4.69, 9.17) is 9.47 Å². The van der Waals surface area contributed by atoms with Gasteiger partial charge in [-0.05, 0) is 64.5 Å². The number of hydrogen-bond donors (Lipinski definition) is 0. The van der Waals surface area contributed by atoms with Crippen molar-refractivity contribution in [1.29, 1.82) is 0 Å². The lowest BCUT2D eigenvalue weighted by atomic mass is 10.1. The SMILES string of the molecule is CCCCC/C=C\C/C=C\CCCCCCCCOC[C@H](COCCCCCCCC)N1CCC1. The molecular weight excluding hydrogens is 430 g/mol. The molecule has 206 valence electrons. The smallest absolute Gasteiger partial charge is 0.0644 e. The first kappa shape index (κ1) is 32.4. The standard InChI is InChI=1S/C32H61NO2/c1-3-5-7-9-11-12-13-14-15-16-17-18-19-20-22-24-29-35-31-32(33-26-25-27-33)30-34-28-23-21-10-8-6-4-2/h11-12,14-15,32H,3-10,13,16-31H2,1-2H3/b12-11-,15-14-/t32-/m0/s1. The van der Waals surface area contributed by atoms with Crippen molar-refractivity contribution in [1.82, 2.24) is 4.90 Å². The fourth-order valence-corrected chi connectivity index (χ4v) is 4.58. The van der Waals surface area contributed by atoms with E-state index in [1.807, 2.05) is 0 Å². The normalized spacial score (nSPS) is 15.4. The lowest BCUT2D eigenvalue weighted by molar-refractivity contribution is -0.0187. The fourth-order valence-electron chi connectivity index (χ4n) is 4.58. The maximum atomic E-state index is 6.06. The molecule has 0 radical (unpaired) electrons. The second kappa shape index (κ2) is 26.4. The first-order valence-corrected chi connectivity index (χ1v) is 15.6. The number of nitrogens with zero attached hydrogens (tertiary/aromatic N) is 1. The number of likely N-dealkylation sites (tertiary alicyclic amines) is 1. The highest BCUT2D eigenvalue weighted by atomic mass is 16.5. The number of rotatable bonds is 27. The van der Waals surface area contributed by atoms with E-state index in [0.29, 0.717) is 6.04 Å². The Morgan fingerprint density at radius 2 is 1.03 bits per heavy atom. The van der Waals surface area contributed by atoms with Gasteiger partial charge in [0.05, 0.1) is 19.3 Å². The molecule has 1 saturated heterocycles. The van der Waals surface area contributed by atoms with E-state index in [1.54, 1.807) is 0 Å². The van der Waals surface area contributed by atoms with Gasteiger partial charge < -0.3 is 9.47 Å². The predicted octanol–water partition coefficient (Wildman–Crippen LogP) is 9.27. The molecule has 1 aliphatic heterocycles. The summed E-state index contributed by atoms with van der Waals surface area (Å²) in [6.45, 7) is 10.5. The van der Waals surface area contributed by atoms with Crippen LogP contribution in [-0.4, -0.2) is 50.5 Å². The Hall–Kier alpha value is -0.640. The molecule has 0 unspecified atom stereocenters. The molecule has 0 bridgehead atoms. The molecule has 0 amide bonds. The van der Waals surface area contributed by atoms with E-state index in [1.165, 1.54) is 129 Å². The number of ether oxygens (including phenoxy) is 2. The molecule has 3 heteroatoms. The summed E-state index contributed by atoms with van der Waals surface area (Å²) in [7, 11) is 0. The first-order valence-electron chi connectivity index (χ1n) is 15.6. The zero-order valence-electron chi connectivity index (χ0n) is 23.8. The van der Waals surface area contributed by atoms with Gasteiger partial charge in [-0.2, -0.15) is 0 Å². The molecule has 0 saturated carbocycles. The Morgan fingerprint density at radius 3 is 1.54 bits per heavy atom. The highest BCUT2D eigenvalue weighted by molar-refractivity contribution is 4.92. The molecular formula is C32H61NO2. The summed E-state index contributed by atoms with van der Waals surface area (Å²) in [6.07, 6.45) is 34.2. The van der Waals surface area contributed by atoms with E-state index in [9.17, 15) is 0 Å². The fraction of sp³-hybridized carbons (Fsp3) is 0.875. The molecule has 3 nitrogen and oxygen atoms in total. The molecule has 0 spiro atoms. The maximum absolute atomic E-state index is 6.06. The summed E-state index contributed by atoms with van der Waals surface area (Å²) >= 11 is 0. The first-order chi connectivity index (χ1) is 17.4. The Morgan fingerprint density at radius 1 is 0.571 bits per heavy atom. The van der Waals surface area contributed by atoms with Gasteiger partial charge in [-0.1, -0.05) is 109 Å². The van der Waals surface area contributed by atoms with Crippen LogP contribution in [0.4, 0.5) is 0 Å². The minimum atomic E-state index is 0.466. The van der Waals surface area contributed by atoms with Crippen LogP contribution in [0.1, 0.15) is 136 Å². The van der Waals surface area contributed by atoms with Gasteiger partial charge in [0.2, 0.25) is 0 Å². The Bertz CT molecular complexity index is 472. The molecule has 1 rings (SSSR count). The van der Waals surface area contributed by atoms with Crippen LogP contribution in [0.5, 0.6) is 0 Å². The third kappa shape index (κ3) is 21.2. The van der Waals surface area contributed by atoms with E-state index < -0.39 is 0 Å². The van der Waals surface area contributed by atoms with Crippen LogP contribution in [0.2, 0.25) is 0 Å². The summed E-state index contributed by atoms with van der Waals surface area (Å²) in [5, 5.41) is 0. The minimum absolute atomic E-state index is 0.466. The quantitative estimate of drug-likeness (QED) is 0.0844. The van der Waals surface area contributed by atoms with E-state index >= 15 is 0 Å². The second-order valence-electron chi connectivity index (χ2n) is 10.5. The molecule has 0 aliphatic carbocycles. The molecule has 1 atom stereocenters. The van der Waals surface area contributed by atoms with Crippen molar-refractivity contribution >= 4 is 0 Å². The molecule has 0 aromatic carbocycles. The Balaban J connectivity index is 1.88. The van der Waals surface area contributed by atoms with Gasteiger partial charge in [0.15, 0.2) is 0 Å². The van der Waals surface area contributed by atoms with Gasteiger partial charge in [0.25, 0.3) is 0 Å². The van der Waals surface area contributed by atoms with Crippen molar-refractivity contribution in [2.75, 3.05) is 39.5 Å². The molecule has 1 heterocycles. The predicted molar refractivity (Wildman–Crippen MR) is 154 cm³/mol. The van der Waals surface area contributed by atoms with Crippen molar-refractivity contribution in [2.24, 2.45) is 0 Å². The third-order valence-electron chi connectivity index (χ3n) is 7.16. The Kier molecular flexibility index (Phi) is 24.5. The molecule has 35 heavy (non-hydrogen) atoms. The zero-order valence-corrected chi connectivity index (χ0v) is 23.8. The van der Waals surface area contributed by atoms with Gasteiger partial charge in [-0.25, -0.2) is 0 Å². The van der Waals surface area contributed by atoms with Crippen molar-refractivity contribution in [3.8, 4) is 0 Å². The van der Waals surface area contributed by atoms with Crippen LogP contribution in [0.15, 0.2) is 24.3 Å². The largest absolute Gasteiger partial charge is 0.380 e. The molecule has 0 aromatic rings. The van der Waals surface area contributed by atoms with Crippen LogP contribution in [-0.2, 0) is 9.47 Å². The summed E-state index contributed by atoms with van der Waals surface area (Å²) in [4.78, 5) is 2.54. The van der Waals surface area contributed by atoms with Crippen molar-refractivity contribution < 1.29 is 9.47 Å². The molecule has 0 aromatic heterocycles. The van der Waals surface area contributed by atoms with Crippen LogP contribution in [0.3, 0.4) is 0 Å². The van der Waals surface area contributed by atoms with Crippen LogP contribution < -0.4 is 0 Å². The van der Waals surface area contributed by atoms with Crippen molar-refractivity contribution in [2.45, 2.75) is 142 Å². The van der Waals surface area contributed by atoms with Gasteiger partial charge in [-0.3, -0.25) is 4.90 Å². The third-order valence-corrected chi connectivity index (χ3v) is 7.16. The lowest BCUT2D eigenvalue weighted by Gasteiger charge is -2.38. The maximum Gasteiger partial charge on any atom is 0.0644 e. The van der Waals surface area contributed by atoms with Gasteiger partial charge in [0.1, 0.15) is 0 Å². The Labute approximate surface area is 220 Å². The van der Waals surface area contributed by atoms with Gasteiger partial charge in [-0.15, -0.1) is 0 Å². The summed E-state index contributed by atoms with van der Waals surface area (Å²) in [5.74, 6) is 0. The summed E-state index contributed by atoms with van der Waals surface area (Å²) in [6, 6.07) is 0.466. The topological polar surface area (TPSA) is 21.7 Å². The number of allylic oxidation sites excluding steroid dienone is 4.